The van der Waals surface area contributed by atoms with Gasteiger partial charge in [0.05, 0.1) is 0 Å². The first-order valence-corrected chi connectivity index (χ1v) is 3.39. The summed E-state index contributed by atoms with van der Waals surface area (Å²) >= 11 is 0. The number of hydrogen-bond donors (Lipinski definition) is 1. The van der Waals surface area contributed by atoms with Crippen LogP contribution in [-0.2, 0) is 0 Å². The molecule has 0 unspecified atom stereocenters. The number of rotatable bonds is 5. The van der Waals surface area contributed by atoms with Crippen LogP contribution in [-0.4, -0.2) is 0 Å². The highest BCUT2D eigenvalue weighted by Crippen LogP contribution is 1.99. The number of allylic oxidation sites excluding steroid dienone is 2. The largest absolute Gasteiger partial charge is 0.405 e. The van der Waals surface area contributed by atoms with Crippen molar-refractivity contribution < 1.29 is 0 Å². The van der Waals surface area contributed by atoms with E-state index >= 15 is 0 Å². The molecule has 0 saturated heterocycles. The lowest BCUT2D eigenvalue weighted by Crippen LogP contribution is -1.76. The van der Waals surface area contributed by atoms with Crippen molar-refractivity contribution in [2.45, 2.75) is 25.7 Å². The smallest absolute Gasteiger partial charge is 0.0103 e. The molecule has 0 heterocycles. The lowest BCUT2D eigenvalue weighted by molar-refractivity contribution is 0.762. The van der Waals surface area contributed by atoms with Crippen LogP contribution < -0.4 is 5.73 Å². The van der Waals surface area contributed by atoms with Crippen molar-refractivity contribution in [3.63, 3.8) is 0 Å². The Bertz CT molecular complexity index is 84.6. The Kier molecular flexibility index (Phi) is 6.70. The van der Waals surface area contributed by atoms with E-state index in [0.29, 0.717) is 0 Å². The first-order chi connectivity index (χ1) is 4.41. The molecule has 52 valence electrons. The normalized spacial score (nSPS) is 10.2. The monoisotopic (exact) mass is 125 g/mol. The van der Waals surface area contributed by atoms with Crippen LogP contribution in [0.3, 0.4) is 0 Å². The van der Waals surface area contributed by atoms with Gasteiger partial charge in [-0.05, 0) is 31.9 Å². The lowest BCUT2D eigenvalue weighted by Gasteiger charge is -1.90. The molecule has 0 atom stereocenters. The van der Waals surface area contributed by atoms with Gasteiger partial charge in [0, 0.05) is 0 Å². The molecule has 0 radical (unpaired) electrons. The highest BCUT2D eigenvalue weighted by Gasteiger charge is 1.80. The van der Waals surface area contributed by atoms with Crippen LogP contribution in [0.15, 0.2) is 24.9 Å². The van der Waals surface area contributed by atoms with Gasteiger partial charge in [-0.15, -0.1) is 6.58 Å². The Labute approximate surface area is 57.3 Å². The number of unbranched alkanes of at least 4 members (excludes halogenated alkanes) is 3. The zero-order valence-electron chi connectivity index (χ0n) is 5.84. The highest BCUT2D eigenvalue weighted by atomic mass is 14.5. The van der Waals surface area contributed by atoms with E-state index in [1.165, 1.54) is 12.8 Å². The third-order valence-corrected chi connectivity index (χ3v) is 1.17. The van der Waals surface area contributed by atoms with Crippen LogP contribution in [0.25, 0.3) is 0 Å². The molecule has 2 N–H and O–H groups in total. The summed E-state index contributed by atoms with van der Waals surface area (Å²) in [7, 11) is 0. The SMILES string of the molecule is C=CCCCCC=CN. The van der Waals surface area contributed by atoms with E-state index in [1.54, 1.807) is 6.20 Å². The Balaban J connectivity index is 2.82. The van der Waals surface area contributed by atoms with Crippen LogP contribution >= 0.6 is 0 Å². The zero-order valence-corrected chi connectivity index (χ0v) is 5.84. The zero-order chi connectivity index (χ0) is 6.95. The Morgan fingerprint density at radius 3 is 2.44 bits per heavy atom. The molecule has 9 heavy (non-hydrogen) atoms. The highest BCUT2D eigenvalue weighted by molar-refractivity contribution is 4.75. The van der Waals surface area contributed by atoms with Crippen LogP contribution in [0.5, 0.6) is 0 Å². The molecule has 0 rings (SSSR count). The van der Waals surface area contributed by atoms with E-state index < -0.39 is 0 Å². The summed E-state index contributed by atoms with van der Waals surface area (Å²) in [5.74, 6) is 0. The summed E-state index contributed by atoms with van der Waals surface area (Å²) in [6.45, 7) is 3.64. The summed E-state index contributed by atoms with van der Waals surface area (Å²) < 4.78 is 0. The van der Waals surface area contributed by atoms with Crippen molar-refractivity contribution >= 4 is 0 Å². The molecular weight excluding hydrogens is 110 g/mol. The molecule has 1 nitrogen and oxygen atoms in total. The third kappa shape index (κ3) is 7.28. The van der Waals surface area contributed by atoms with Gasteiger partial charge in [0.2, 0.25) is 0 Å². The van der Waals surface area contributed by atoms with Gasteiger partial charge in [0.25, 0.3) is 0 Å². The van der Waals surface area contributed by atoms with E-state index in [0.717, 1.165) is 12.8 Å². The van der Waals surface area contributed by atoms with Gasteiger partial charge in [-0.3, -0.25) is 0 Å². The van der Waals surface area contributed by atoms with Crippen LogP contribution in [0.4, 0.5) is 0 Å². The van der Waals surface area contributed by atoms with Crippen molar-refractivity contribution in [3.05, 3.63) is 24.9 Å². The molecule has 0 bridgehead atoms. The molecule has 0 fully saturated rings. The van der Waals surface area contributed by atoms with Gasteiger partial charge in [0.15, 0.2) is 0 Å². The molecule has 0 amide bonds. The maximum absolute atomic E-state index is 5.14. The molecule has 1 heteroatoms. The predicted molar refractivity (Wildman–Crippen MR) is 42.0 cm³/mol. The average molecular weight is 125 g/mol. The molecule has 0 aliphatic heterocycles. The molecule has 0 saturated carbocycles. The van der Waals surface area contributed by atoms with E-state index in [2.05, 4.69) is 6.58 Å². The predicted octanol–water partition coefficient (Wildman–Crippen LogP) is 2.21. The fourth-order valence-corrected chi connectivity index (χ4v) is 0.647. The van der Waals surface area contributed by atoms with Gasteiger partial charge in [-0.25, -0.2) is 0 Å². The summed E-state index contributed by atoms with van der Waals surface area (Å²) in [5, 5.41) is 0. The number of hydrogen-bond acceptors (Lipinski definition) is 1. The first-order valence-electron chi connectivity index (χ1n) is 3.39. The summed E-state index contributed by atoms with van der Waals surface area (Å²) in [5.41, 5.74) is 5.14. The van der Waals surface area contributed by atoms with Gasteiger partial charge in [0.1, 0.15) is 0 Å². The van der Waals surface area contributed by atoms with E-state index in [-0.39, 0.29) is 0 Å². The fraction of sp³-hybridized carbons (Fsp3) is 0.500. The Morgan fingerprint density at radius 2 is 1.89 bits per heavy atom. The van der Waals surface area contributed by atoms with Gasteiger partial charge in [-0.2, -0.15) is 0 Å². The second kappa shape index (κ2) is 7.28. The molecule has 0 aliphatic rings. The summed E-state index contributed by atoms with van der Waals surface area (Å²) in [4.78, 5) is 0. The van der Waals surface area contributed by atoms with E-state index in [4.69, 9.17) is 5.73 Å². The van der Waals surface area contributed by atoms with Crippen LogP contribution in [0.1, 0.15) is 25.7 Å². The molecular formula is C8H15N. The minimum Gasteiger partial charge on any atom is -0.405 e. The molecule has 0 spiro atoms. The standard InChI is InChI=1S/C8H15N/c1-2-3-4-5-6-7-8-9/h2,7-8H,1,3-6,9H2. The van der Waals surface area contributed by atoms with Crippen LogP contribution in [0.2, 0.25) is 0 Å². The second-order valence-electron chi connectivity index (χ2n) is 2.00. The van der Waals surface area contributed by atoms with Gasteiger partial charge < -0.3 is 5.73 Å². The van der Waals surface area contributed by atoms with Crippen molar-refractivity contribution in [3.8, 4) is 0 Å². The fourth-order valence-electron chi connectivity index (χ4n) is 0.647. The van der Waals surface area contributed by atoms with Crippen molar-refractivity contribution in [2.75, 3.05) is 0 Å². The Hall–Kier alpha value is -0.720. The number of nitrogens with two attached hydrogens (primary N) is 1. The summed E-state index contributed by atoms with van der Waals surface area (Å²) in [6, 6.07) is 0. The quantitative estimate of drug-likeness (QED) is 0.442. The van der Waals surface area contributed by atoms with Crippen molar-refractivity contribution in [1.29, 1.82) is 0 Å². The molecule has 0 aromatic heterocycles. The van der Waals surface area contributed by atoms with Crippen molar-refractivity contribution in [1.82, 2.24) is 0 Å². The summed E-state index contributed by atoms with van der Waals surface area (Å²) in [6.07, 6.45) is 10.2. The molecule has 0 aromatic carbocycles. The Morgan fingerprint density at radius 1 is 1.22 bits per heavy atom. The molecule has 0 aromatic rings. The second-order valence-corrected chi connectivity index (χ2v) is 2.00. The first kappa shape index (κ1) is 8.28. The maximum Gasteiger partial charge on any atom is -0.0103 e. The van der Waals surface area contributed by atoms with Crippen molar-refractivity contribution in [2.24, 2.45) is 5.73 Å². The average Bonchev–Trinajstić information content (AvgIpc) is 1.89. The maximum atomic E-state index is 5.14. The lowest BCUT2D eigenvalue weighted by atomic mass is 10.2. The minimum absolute atomic E-state index is 1.10. The third-order valence-electron chi connectivity index (χ3n) is 1.17. The topological polar surface area (TPSA) is 26.0 Å². The van der Waals surface area contributed by atoms with E-state index in [9.17, 15) is 0 Å². The van der Waals surface area contributed by atoms with E-state index in [1.807, 2.05) is 12.2 Å². The van der Waals surface area contributed by atoms with Gasteiger partial charge in [-0.1, -0.05) is 12.2 Å². The minimum atomic E-state index is 1.10. The van der Waals surface area contributed by atoms with Gasteiger partial charge >= 0.3 is 0 Å². The molecule has 0 aliphatic carbocycles. The van der Waals surface area contributed by atoms with Crippen LogP contribution in [0, 0.1) is 0 Å².